The van der Waals surface area contributed by atoms with E-state index >= 15 is 0 Å². The fourth-order valence-corrected chi connectivity index (χ4v) is 1.49. The lowest BCUT2D eigenvalue weighted by molar-refractivity contribution is 1.21. The summed E-state index contributed by atoms with van der Waals surface area (Å²) in [4.78, 5) is 19.4. The maximum absolute atomic E-state index is 5.71. The molecular formula is C10H8N6. The number of fused-ring (bicyclic) bond motifs is 1. The van der Waals surface area contributed by atoms with E-state index in [1.54, 1.807) is 12.4 Å². The van der Waals surface area contributed by atoms with Crippen LogP contribution in [0.15, 0.2) is 30.9 Å². The highest BCUT2D eigenvalue weighted by atomic mass is 15.0. The average molecular weight is 212 g/mol. The molecular weight excluding hydrogens is 204 g/mol. The van der Waals surface area contributed by atoms with Crippen LogP contribution in [0.25, 0.3) is 22.6 Å². The Morgan fingerprint density at radius 2 is 2.19 bits per heavy atom. The molecule has 6 nitrogen and oxygen atoms in total. The van der Waals surface area contributed by atoms with Gasteiger partial charge < -0.3 is 10.7 Å². The number of hydrogen-bond acceptors (Lipinski definition) is 5. The maximum Gasteiger partial charge on any atom is 0.183 e. The summed E-state index contributed by atoms with van der Waals surface area (Å²) in [7, 11) is 0. The minimum atomic E-state index is 0.396. The fraction of sp³-hybridized carbons (Fsp3) is 0. The van der Waals surface area contributed by atoms with Crippen LogP contribution in [-0.4, -0.2) is 24.9 Å². The first-order chi connectivity index (χ1) is 7.84. The Hall–Kier alpha value is -2.50. The molecule has 0 aliphatic rings. The van der Waals surface area contributed by atoms with E-state index in [4.69, 9.17) is 5.73 Å². The lowest BCUT2D eigenvalue weighted by atomic mass is 10.3. The van der Waals surface area contributed by atoms with Crippen LogP contribution in [0, 0.1) is 0 Å². The summed E-state index contributed by atoms with van der Waals surface area (Å²) in [5, 5.41) is 0. The van der Waals surface area contributed by atoms with Crippen molar-refractivity contribution in [2.75, 3.05) is 5.73 Å². The molecule has 3 rings (SSSR count). The van der Waals surface area contributed by atoms with Crippen molar-refractivity contribution >= 4 is 17.0 Å². The molecule has 16 heavy (non-hydrogen) atoms. The van der Waals surface area contributed by atoms with Crippen molar-refractivity contribution < 1.29 is 0 Å². The van der Waals surface area contributed by atoms with Gasteiger partial charge >= 0.3 is 0 Å². The van der Waals surface area contributed by atoms with E-state index in [0.717, 1.165) is 5.56 Å². The largest absolute Gasteiger partial charge is 0.382 e. The molecule has 0 saturated heterocycles. The van der Waals surface area contributed by atoms with Crippen LogP contribution in [0.1, 0.15) is 0 Å². The van der Waals surface area contributed by atoms with E-state index in [9.17, 15) is 0 Å². The smallest absolute Gasteiger partial charge is 0.183 e. The second-order valence-electron chi connectivity index (χ2n) is 3.28. The molecule has 0 aliphatic carbocycles. The van der Waals surface area contributed by atoms with E-state index in [2.05, 4.69) is 24.9 Å². The van der Waals surface area contributed by atoms with Crippen molar-refractivity contribution in [1.29, 1.82) is 0 Å². The van der Waals surface area contributed by atoms with Gasteiger partial charge in [-0.25, -0.2) is 15.0 Å². The summed E-state index contributed by atoms with van der Waals surface area (Å²) in [6.45, 7) is 0. The van der Waals surface area contributed by atoms with Gasteiger partial charge in [-0.1, -0.05) is 0 Å². The molecule has 6 heteroatoms. The SMILES string of the molecule is Nc1ncnc2nc(-c3cccnc3)[nH]c12. The zero-order chi connectivity index (χ0) is 11.0. The topological polar surface area (TPSA) is 93.4 Å². The third kappa shape index (κ3) is 1.28. The van der Waals surface area contributed by atoms with Gasteiger partial charge in [-0.05, 0) is 12.1 Å². The molecule has 3 N–H and O–H groups in total. The molecule has 0 radical (unpaired) electrons. The lowest BCUT2D eigenvalue weighted by Crippen LogP contribution is -1.91. The van der Waals surface area contributed by atoms with Crippen molar-refractivity contribution in [3.63, 3.8) is 0 Å². The number of hydrogen-bond donors (Lipinski definition) is 2. The number of nitrogens with one attached hydrogen (secondary N) is 1. The number of nitrogens with two attached hydrogens (primary N) is 1. The Labute approximate surface area is 90.6 Å². The molecule has 0 bridgehead atoms. The summed E-state index contributed by atoms with van der Waals surface area (Å²) >= 11 is 0. The number of nitrogen functional groups attached to an aromatic ring is 1. The van der Waals surface area contributed by atoms with Gasteiger partial charge in [0.05, 0.1) is 0 Å². The van der Waals surface area contributed by atoms with Gasteiger partial charge in [0.15, 0.2) is 11.5 Å². The summed E-state index contributed by atoms with van der Waals surface area (Å²) < 4.78 is 0. The number of rotatable bonds is 1. The first-order valence-corrected chi connectivity index (χ1v) is 4.71. The fourth-order valence-electron chi connectivity index (χ4n) is 1.49. The van der Waals surface area contributed by atoms with Gasteiger partial charge in [0.2, 0.25) is 0 Å². The van der Waals surface area contributed by atoms with Crippen molar-refractivity contribution in [2.24, 2.45) is 0 Å². The summed E-state index contributed by atoms with van der Waals surface area (Å²) in [5.74, 6) is 1.09. The van der Waals surface area contributed by atoms with Crippen molar-refractivity contribution in [3.8, 4) is 11.4 Å². The number of H-pyrrole nitrogens is 1. The predicted octanol–water partition coefficient (Wildman–Crippen LogP) is 0.997. The zero-order valence-corrected chi connectivity index (χ0v) is 8.25. The first-order valence-electron chi connectivity index (χ1n) is 4.71. The summed E-state index contributed by atoms with van der Waals surface area (Å²) in [6.07, 6.45) is 4.83. The Bertz CT molecular complexity index is 630. The van der Waals surface area contributed by atoms with Crippen molar-refractivity contribution in [3.05, 3.63) is 30.9 Å². The standard InChI is InChI=1S/C10H8N6/c11-8-7-10(14-5-13-8)16-9(15-7)6-2-1-3-12-4-6/h1-5H,(H3,11,13,14,15,16). The number of anilines is 1. The van der Waals surface area contributed by atoms with Crippen molar-refractivity contribution in [2.45, 2.75) is 0 Å². The molecule has 0 fully saturated rings. The van der Waals surface area contributed by atoms with E-state index in [0.29, 0.717) is 22.8 Å². The summed E-state index contributed by atoms with van der Waals surface area (Å²) in [5.41, 5.74) is 7.81. The molecule has 3 aromatic rings. The van der Waals surface area contributed by atoms with Crippen molar-refractivity contribution in [1.82, 2.24) is 24.9 Å². The average Bonchev–Trinajstić information content (AvgIpc) is 2.76. The van der Waals surface area contributed by atoms with Gasteiger partial charge in [-0.3, -0.25) is 4.98 Å². The Balaban J connectivity index is 2.23. The van der Waals surface area contributed by atoms with Gasteiger partial charge in [-0.15, -0.1) is 0 Å². The Morgan fingerprint density at radius 1 is 1.25 bits per heavy atom. The number of nitrogens with zero attached hydrogens (tertiary/aromatic N) is 4. The number of aromatic amines is 1. The second-order valence-corrected chi connectivity index (χ2v) is 3.28. The molecule has 0 aromatic carbocycles. The second kappa shape index (κ2) is 3.27. The third-order valence-electron chi connectivity index (χ3n) is 2.25. The number of imidazole rings is 1. The monoisotopic (exact) mass is 212 g/mol. The van der Waals surface area contributed by atoms with Crippen LogP contribution >= 0.6 is 0 Å². The zero-order valence-electron chi connectivity index (χ0n) is 8.25. The van der Waals surface area contributed by atoms with E-state index in [-0.39, 0.29) is 0 Å². The molecule has 0 aliphatic heterocycles. The summed E-state index contributed by atoms with van der Waals surface area (Å²) in [6, 6.07) is 3.76. The van der Waals surface area contributed by atoms with E-state index in [1.807, 2.05) is 12.1 Å². The van der Waals surface area contributed by atoms with Crippen LogP contribution in [0.5, 0.6) is 0 Å². The minimum Gasteiger partial charge on any atom is -0.382 e. The molecule has 3 heterocycles. The Morgan fingerprint density at radius 3 is 2.94 bits per heavy atom. The molecule has 0 atom stereocenters. The van der Waals surface area contributed by atoms with Crippen LogP contribution in [0.2, 0.25) is 0 Å². The van der Waals surface area contributed by atoms with Crippen LogP contribution in [0.3, 0.4) is 0 Å². The number of pyridine rings is 1. The van der Waals surface area contributed by atoms with Gasteiger partial charge in [0.25, 0.3) is 0 Å². The maximum atomic E-state index is 5.71. The molecule has 0 amide bonds. The van der Waals surface area contributed by atoms with Crippen LogP contribution in [-0.2, 0) is 0 Å². The number of aromatic nitrogens is 5. The highest BCUT2D eigenvalue weighted by molar-refractivity contribution is 5.83. The van der Waals surface area contributed by atoms with Crippen LogP contribution < -0.4 is 5.73 Å². The third-order valence-corrected chi connectivity index (χ3v) is 2.25. The molecule has 0 spiro atoms. The molecule has 78 valence electrons. The molecule has 0 saturated carbocycles. The van der Waals surface area contributed by atoms with Gasteiger partial charge in [-0.2, -0.15) is 0 Å². The normalized spacial score (nSPS) is 10.8. The van der Waals surface area contributed by atoms with Gasteiger partial charge in [0, 0.05) is 18.0 Å². The highest BCUT2D eigenvalue weighted by Gasteiger charge is 2.08. The van der Waals surface area contributed by atoms with Gasteiger partial charge in [0.1, 0.15) is 17.7 Å². The molecule has 0 unspecified atom stereocenters. The van der Waals surface area contributed by atoms with Crippen LogP contribution in [0.4, 0.5) is 5.82 Å². The first kappa shape index (κ1) is 8.78. The van der Waals surface area contributed by atoms with E-state index in [1.165, 1.54) is 6.33 Å². The van der Waals surface area contributed by atoms with E-state index < -0.39 is 0 Å². The quantitative estimate of drug-likeness (QED) is 0.627. The minimum absolute atomic E-state index is 0.396. The predicted molar refractivity (Wildman–Crippen MR) is 59.3 cm³/mol. The molecule has 3 aromatic heterocycles. The highest BCUT2D eigenvalue weighted by Crippen LogP contribution is 2.20. The Kier molecular flexibility index (Phi) is 1.79. The lowest BCUT2D eigenvalue weighted by Gasteiger charge is -1.92.